The maximum absolute atomic E-state index is 13.4. The molecule has 2 aromatic rings. The molecule has 88 valence electrons. The molecule has 0 aliphatic rings. The van der Waals surface area contributed by atoms with Gasteiger partial charge in [-0.25, -0.2) is 8.78 Å². The summed E-state index contributed by atoms with van der Waals surface area (Å²) in [5.41, 5.74) is 1.70. The highest BCUT2D eigenvalue weighted by Gasteiger charge is 2.13. The van der Waals surface area contributed by atoms with Gasteiger partial charge in [0.2, 0.25) is 0 Å². The average molecular weight is 234 g/mol. The first-order valence-corrected chi connectivity index (χ1v) is 5.30. The van der Waals surface area contributed by atoms with Crippen molar-refractivity contribution in [3.63, 3.8) is 0 Å². The molecule has 0 amide bonds. The zero-order chi connectivity index (χ0) is 12.3. The van der Waals surface area contributed by atoms with E-state index in [1.807, 2.05) is 30.3 Å². The van der Waals surface area contributed by atoms with Gasteiger partial charge in [0.05, 0.1) is 6.61 Å². The molecule has 0 aliphatic heterocycles. The lowest BCUT2D eigenvalue weighted by Gasteiger charge is -2.12. The van der Waals surface area contributed by atoms with Crippen LogP contribution < -0.4 is 0 Å². The van der Waals surface area contributed by atoms with Crippen LogP contribution in [0.4, 0.5) is 8.78 Å². The molecule has 0 heterocycles. The molecule has 0 radical (unpaired) electrons. The third kappa shape index (κ3) is 2.19. The van der Waals surface area contributed by atoms with Crippen LogP contribution in [-0.2, 0) is 13.3 Å². The van der Waals surface area contributed by atoms with Gasteiger partial charge in [0.15, 0.2) is 0 Å². The predicted molar refractivity (Wildman–Crippen MR) is 62.6 cm³/mol. The quantitative estimate of drug-likeness (QED) is 0.862. The summed E-state index contributed by atoms with van der Waals surface area (Å²) in [5.74, 6) is -0.570. The van der Waals surface area contributed by atoms with E-state index >= 15 is 0 Å². The molecule has 2 rings (SSSR count). The van der Waals surface area contributed by atoms with Crippen LogP contribution in [0.15, 0.2) is 42.5 Å². The van der Waals surface area contributed by atoms with E-state index < -0.39 is 19.1 Å². The molecule has 0 saturated carbocycles. The van der Waals surface area contributed by atoms with E-state index in [0.717, 1.165) is 5.56 Å². The minimum absolute atomic E-state index is 0.0360. The molecule has 0 saturated heterocycles. The van der Waals surface area contributed by atoms with Crippen molar-refractivity contribution in [3.05, 3.63) is 59.4 Å². The summed E-state index contributed by atoms with van der Waals surface area (Å²) < 4.78 is 26.4. The molecule has 0 aliphatic carbocycles. The minimum Gasteiger partial charge on any atom is -0.392 e. The van der Waals surface area contributed by atoms with Gasteiger partial charge < -0.3 is 5.11 Å². The van der Waals surface area contributed by atoms with E-state index in [1.165, 1.54) is 6.07 Å². The van der Waals surface area contributed by atoms with E-state index in [2.05, 4.69) is 0 Å². The summed E-state index contributed by atoms with van der Waals surface area (Å²) in [6, 6.07) is 12.0. The highest BCUT2D eigenvalue weighted by Crippen LogP contribution is 2.28. The lowest BCUT2D eigenvalue weighted by Crippen LogP contribution is -1.99. The fourth-order valence-corrected chi connectivity index (χ4v) is 1.88. The number of alkyl halides is 1. The van der Waals surface area contributed by atoms with Crippen LogP contribution in [0.5, 0.6) is 0 Å². The first-order valence-electron chi connectivity index (χ1n) is 5.30. The van der Waals surface area contributed by atoms with Crippen molar-refractivity contribution < 1.29 is 13.9 Å². The van der Waals surface area contributed by atoms with E-state index in [1.54, 1.807) is 6.07 Å². The molecule has 0 bridgehead atoms. The van der Waals surface area contributed by atoms with E-state index in [0.29, 0.717) is 5.56 Å². The lowest BCUT2D eigenvalue weighted by atomic mass is 9.96. The number of rotatable bonds is 3. The number of hydrogen-bond acceptors (Lipinski definition) is 1. The fourth-order valence-electron chi connectivity index (χ4n) is 1.88. The Balaban J connectivity index is 2.63. The van der Waals surface area contributed by atoms with Gasteiger partial charge in [-0.2, -0.15) is 0 Å². The Morgan fingerprint density at radius 1 is 0.941 bits per heavy atom. The Hall–Kier alpha value is -1.74. The number of benzene rings is 2. The lowest BCUT2D eigenvalue weighted by molar-refractivity contribution is 0.272. The van der Waals surface area contributed by atoms with Gasteiger partial charge in [-0.05, 0) is 22.8 Å². The molecule has 0 atom stereocenters. The van der Waals surface area contributed by atoms with E-state index in [9.17, 15) is 8.78 Å². The topological polar surface area (TPSA) is 20.2 Å². The third-order valence-electron chi connectivity index (χ3n) is 2.75. The van der Waals surface area contributed by atoms with Crippen LogP contribution in [0.3, 0.4) is 0 Å². The van der Waals surface area contributed by atoms with Crippen molar-refractivity contribution in [2.24, 2.45) is 0 Å². The Morgan fingerprint density at radius 3 is 2.24 bits per heavy atom. The fraction of sp³-hybridized carbons (Fsp3) is 0.143. The second kappa shape index (κ2) is 5.06. The van der Waals surface area contributed by atoms with Crippen LogP contribution in [0, 0.1) is 5.82 Å². The van der Waals surface area contributed by atoms with Crippen molar-refractivity contribution >= 4 is 0 Å². The van der Waals surface area contributed by atoms with E-state index in [-0.39, 0.29) is 11.1 Å². The number of halogens is 2. The smallest absolute Gasteiger partial charge is 0.129 e. The second-order valence-corrected chi connectivity index (χ2v) is 3.71. The first kappa shape index (κ1) is 11.7. The molecule has 1 N–H and O–H groups in total. The Labute approximate surface area is 98.3 Å². The predicted octanol–water partition coefficient (Wildman–Crippen LogP) is 3.45. The van der Waals surface area contributed by atoms with Gasteiger partial charge in [-0.3, -0.25) is 0 Å². The Morgan fingerprint density at radius 2 is 1.65 bits per heavy atom. The average Bonchev–Trinajstić information content (AvgIpc) is 2.39. The summed E-state index contributed by atoms with van der Waals surface area (Å²) >= 11 is 0. The van der Waals surface area contributed by atoms with Crippen molar-refractivity contribution in [2.45, 2.75) is 13.3 Å². The first-order chi connectivity index (χ1) is 8.27. The van der Waals surface area contributed by atoms with Crippen molar-refractivity contribution in [1.29, 1.82) is 0 Å². The van der Waals surface area contributed by atoms with Gasteiger partial charge in [-0.15, -0.1) is 0 Å². The summed E-state index contributed by atoms with van der Waals surface area (Å²) in [6.07, 6.45) is 0. The van der Waals surface area contributed by atoms with E-state index in [4.69, 9.17) is 5.11 Å². The van der Waals surface area contributed by atoms with Crippen LogP contribution in [0.1, 0.15) is 11.1 Å². The van der Waals surface area contributed by atoms with Crippen molar-refractivity contribution in [2.75, 3.05) is 0 Å². The summed E-state index contributed by atoms with van der Waals surface area (Å²) in [7, 11) is 0. The summed E-state index contributed by atoms with van der Waals surface area (Å²) in [5, 5.41) is 9.10. The van der Waals surface area contributed by atoms with Gasteiger partial charge in [0.1, 0.15) is 12.5 Å². The highest BCUT2D eigenvalue weighted by molar-refractivity contribution is 5.68. The van der Waals surface area contributed by atoms with Crippen LogP contribution in [0.25, 0.3) is 11.1 Å². The standard InChI is InChI=1S/C14H12F2O/c15-8-12-11(10-4-2-1-3-5-10)6-7-14(16)13(12)9-17/h1-7,17H,8-9H2. The number of hydrogen-bond donors (Lipinski definition) is 1. The van der Waals surface area contributed by atoms with Crippen LogP contribution in [-0.4, -0.2) is 5.11 Å². The maximum atomic E-state index is 13.4. The molecule has 0 spiro atoms. The minimum atomic E-state index is -0.794. The molecule has 1 nitrogen and oxygen atoms in total. The van der Waals surface area contributed by atoms with Gasteiger partial charge >= 0.3 is 0 Å². The number of aliphatic hydroxyl groups excluding tert-OH is 1. The molecule has 2 aromatic carbocycles. The molecular weight excluding hydrogens is 222 g/mol. The van der Waals surface area contributed by atoms with Crippen molar-refractivity contribution in [3.8, 4) is 11.1 Å². The SMILES string of the molecule is OCc1c(F)ccc(-c2ccccc2)c1CF. The van der Waals surface area contributed by atoms with Crippen LogP contribution >= 0.6 is 0 Å². The molecule has 0 unspecified atom stereocenters. The van der Waals surface area contributed by atoms with Gasteiger partial charge in [0, 0.05) is 5.56 Å². The van der Waals surface area contributed by atoms with Gasteiger partial charge in [-0.1, -0.05) is 36.4 Å². The second-order valence-electron chi connectivity index (χ2n) is 3.71. The zero-order valence-corrected chi connectivity index (χ0v) is 9.16. The summed E-state index contributed by atoms with van der Waals surface area (Å²) in [6.45, 7) is -1.29. The van der Waals surface area contributed by atoms with Gasteiger partial charge in [0.25, 0.3) is 0 Å². The third-order valence-corrected chi connectivity index (χ3v) is 2.75. The van der Waals surface area contributed by atoms with Crippen LogP contribution in [0.2, 0.25) is 0 Å². The molecular formula is C14H12F2O. The monoisotopic (exact) mass is 234 g/mol. The highest BCUT2D eigenvalue weighted by atomic mass is 19.1. The zero-order valence-electron chi connectivity index (χ0n) is 9.16. The largest absolute Gasteiger partial charge is 0.392 e. The summed E-state index contributed by atoms with van der Waals surface area (Å²) in [4.78, 5) is 0. The van der Waals surface area contributed by atoms with Crippen molar-refractivity contribution in [1.82, 2.24) is 0 Å². The molecule has 0 aromatic heterocycles. The Bertz CT molecular complexity index is 509. The normalized spacial score (nSPS) is 10.5. The molecule has 3 heteroatoms. The maximum Gasteiger partial charge on any atom is 0.129 e. The number of aliphatic hydroxyl groups is 1. The molecule has 0 fully saturated rings. The Kier molecular flexibility index (Phi) is 3.49. The molecule has 17 heavy (non-hydrogen) atoms.